The van der Waals surface area contributed by atoms with Crippen LogP contribution in [0.1, 0.15) is 25.1 Å². The van der Waals surface area contributed by atoms with Gasteiger partial charge in [-0.15, -0.1) is 0 Å². The van der Waals surface area contributed by atoms with Crippen LogP contribution in [0.25, 0.3) is 0 Å². The smallest absolute Gasteiger partial charge is 0.168 e. The number of rotatable bonds is 4. The Morgan fingerprint density at radius 3 is 2.75 bits per heavy atom. The third kappa shape index (κ3) is 2.88. The third-order valence-corrected chi connectivity index (χ3v) is 3.02. The van der Waals surface area contributed by atoms with E-state index in [0.29, 0.717) is 5.82 Å². The summed E-state index contributed by atoms with van der Waals surface area (Å²) in [4.78, 5) is 9.76. The highest BCUT2D eigenvalue weighted by Gasteiger charge is 2.10. The van der Waals surface area contributed by atoms with Gasteiger partial charge in [0, 0.05) is 13.1 Å². The van der Waals surface area contributed by atoms with Gasteiger partial charge in [-0.1, -0.05) is 6.42 Å². The molecule has 5 heteroatoms. The molecule has 1 aliphatic heterocycles. The Kier molecular flexibility index (Phi) is 3.66. The molecular weight excluding hydrogens is 202 g/mol. The second-order valence-corrected chi connectivity index (χ2v) is 4.41. The van der Waals surface area contributed by atoms with Crippen LogP contribution in [-0.4, -0.2) is 41.0 Å². The van der Waals surface area contributed by atoms with Gasteiger partial charge in [-0.25, -0.2) is 4.98 Å². The monoisotopic (exact) mass is 223 g/mol. The van der Waals surface area contributed by atoms with E-state index in [2.05, 4.69) is 20.2 Å². The fourth-order valence-corrected chi connectivity index (χ4v) is 2.16. The summed E-state index contributed by atoms with van der Waals surface area (Å²) in [6.45, 7) is 6.36. The Morgan fingerprint density at radius 1 is 1.38 bits per heavy atom. The highest BCUT2D eigenvalue weighted by molar-refractivity contribution is 5.56. The molecule has 0 amide bonds. The van der Waals surface area contributed by atoms with Crippen LogP contribution in [0, 0.1) is 6.92 Å². The van der Waals surface area contributed by atoms with Crippen molar-refractivity contribution in [2.24, 2.45) is 0 Å². The average molecular weight is 223 g/mol. The average Bonchev–Trinajstić information content (AvgIpc) is 2.59. The second-order valence-electron chi connectivity index (χ2n) is 4.41. The molecule has 90 valence electrons. The first-order valence-corrected chi connectivity index (χ1v) is 6.04. The molecule has 4 N–H and O–H groups in total. The summed E-state index contributed by atoms with van der Waals surface area (Å²) in [5.41, 5.74) is 5.77. The lowest BCUT2D eigenvalue weighted by molar-refractivity contribution is 0.237. The van der Waals surface area contributed by atoms with E-state index in [1.807, 2.05) is 6.92 Å². The lowest BCUT2D eigenvalue weighted by Crippen LogP contribution is -2.33. The Morgan fingerprint density at radius 2 is 2.12 bits per heavy atom. The van der Waals surface area contributed by atoms with Gasteiger partial charge in [-0.2, -0.15) is 0 Å². The maximum atomic E-state index is 5.77. The Hall–Kier alpha value is -1.23. The van der Waals surface area contributed by atoms with Gasteiger partial charge in [0.15, 0.2) is 5.82 Å². The molecule has 0 radical (unpaired) electrons. The minimum atomic E-state index is 0.635. The molecule has 0 aliphatic carbocycles. The molecule has 0 saturated carbocycles. The number of anilines is 2. The number of piperidine rings is 1. The van der Waals surface area contributed by atoms with E-state index in [9.17, 15) is 0 Å². The molecule has 2 heterocycles. The highest BCUT2D eigenvalue weighted by atomic mass is 15.2. The quantitative estimate of drug-likeness (QED) is 0.717. The van der Waals surface area contributed by atoms with Crippen LogP contribution in [0.3, 0.4) is 0 Å². The third-order valence-electron chi connectivity index (χ3n) is 3.02. The van der Waals surface area contributed by atoms with Gasteiger partial charge in [0.2, 0.25) is 0 Å². The van der Waals surface area contributed by atoms with Crippen molar-refractivity contribution in [2.45, 2.75) is 26.2 Å². The van der Waals surface area contributed by atoms with Crippen molar-refractivity contribution in [3.8, 4) is 0 Å². The fourth-order valence-electron chi connectivity index (χ4n) is 2.16. The second kappa shape index (κ2) is 5.21. The van der Waals surface area contributed by atoms with Crippen molar-refractivity contribution < 1.29 is 0 Å². The van der Waals surface area contributed by atoms with Gasteiger partial charge in [-0.3, -0.25) is 0 Å². The van der Waals surface area contributed by atoms with Gasteiger partial charge < -0.3 is 20.9 Å². The Labute approximate surface area is 96.4 Å². The molecule has 1 aliphatic rings. The first kappa shape index (κ1) is 11.3. The zero-order valence-corrected chi connectivity index (χ0v) is 9.92. The number of imidazole rings is 1. The number of hydrogen-bond donors (Lipinski definition) is 3. The molecule has 1 fully saturated rings. The number of H-pyrrole nitrogens is 1. The molecule has 5 nitrogen and oxygen atoms in total. The molecule has 0 spiro atoms. The zero-order valence-electron chi connectivity index (χ0n) is 9.92. The van der Waals surface area contributed by atoms with Gasteiger partial charge in [0.1, 0.15) is 11.6 Å². The molecule has 1 aromatic rings. The van der Waals surface area contributed by atoms with Crippen LogP contribution in [-0.2, 0) is 0 Å². The fraction of sp³-hybridized carbons (Fsp3) is 0.727. The van der Waals surface area contributed by atoms with Crippen LogP contribution in [0.2, 0.25) is 0 Å². The minimum Gasteiger partial charge on any atom is -0.382 e. The maximum Gasteiger partial charge on any atom is 0.168 e. The van der Waals surface area contributed by atoms with E-state index in [-0.39, 0.29) is 0 Å². The first-order valence-electron chi connectivity index (χ1n) is 6.04. The standard InChI is InChI=1S/C11H21N5/c1-9-14-10(12)11(15-9)13-5-8-16-6-3-2-4-7-16/h13H,2-8,12H2,1H3,(H,14,15). The molecule has 0 unspecified atom stereocenters. The van der Waals surface area contributed by atoms with Crippen molar-refractivity contribution in [1.82, 2.24) is 14.9 Å². The number of likely N-dealkylation sites (tertiary alicyclic amines) is 1. The summed E-state index contributed by atoms with van der Waals surface area (Å²) >= 11 is 0. The van der Waals surface area contributed by atoms with Crippen molar-refractivity contribution in [1.29, 1.82) is 0 Å². The molecule has 0 aromatic carbocycles. The van der Waals surface area contributed by atoms with Gasteiger partial charge in [0.25, 0.3) is 0 Å². The summed E-state index contributed by atoms with van der Waals surface area (Å²) in [6, 6.07) is 0. The Bertz CT molecular complexity index is 327. The number of aromatic nitrogens is 2. The van der Waals surface area contributed by atoms with E-state index in [0.717, 1.165) is 24.7 Å². The predicted octanol–water partition coefficient (Wildman–Crippen LogP) is 1.20. The van der Waals surface area contributed by atoms with Crippen LogP contribution in [0.5, 0.6) is 0 Å². The summed E-state index contributed by atoms with van der Waals surface area (Å²) in [7, 11) is 0. The van der Waals surface area contributed by atoms with Crippen molar-refractivity contribution >= 4 is 11.6 Å². The predicted molar refractivity (Wildman–Crippen MR) is 66.5 cm³/mol. The maximum absolute atomic E-state index is 5.77. The van der Waals surface area contributed by atoms with Crippen molar-refractivity contribution in [2.75, 3.05) is 37.2 Å². The topological polar surface area (TPSA) is 70.0 Å². The molecule has 16 heavy (non-hydrogen) atoms. The van der Waals surface area contributed by atoms with E-state index in [4.69, 9.17) is 5.73 Å². The number of nitrogens with one attached hydrogen (secondary N) is 2. The van der Waals surface area contributed by atoms with Gasteiger partial charge >= 0.3 is 0 Å². The van der Waals surface area contributed by atoms with Crippen LogP contribution >= 0.6 is 0 Å². The van der Waals surface area contributed by atoms with Gasteiger partial charge in [0.05, 0.1) is 0 Å². The molecule has 2 rings (SSSR count). The molecular formula is C11H21N5. The van der Waals surface area contributed by atoms with Crippen molar-refractivity contribution in [3.05, 3.63) is 5.82 Å². The van der Waals surface area contributed by atoms with Crippen LogP contribution < -0.4 is 11.1 Å². The number of nitrogen functional groups attached to an aromatic ring is 1. The highest BCUT2D eigenvalue weighted by Crippen LogP contribution is 2.13. The van der Waals surface area contributed by atoms with E-state index in [1.165, 1.54) is 32.4 Å². The molecule has 1 saturated heterocycles. The number of nitrogens with zero attached hydrogens (tertiary/aromatic N) is 2. The molecule has 1 aromatic heterocycles. The lowest BCUT2D eigenvalue weighted by Gasteiger charge is -2.26. The Balaban J connectivity index is 1.73. The lowest BCUT2D eigenvalue weighted by atomic mass is 10.1. The SMILES string of the molecule is Cc1nc(NCCN2CCCCC2)c(N)[nH]1. The molecule has 0 atom stereocenters. The van der Waals surface area contributed by atoms with E-state index >= 15 is 0 Å². The zero-order chi connectivity index (χ0) is 11.4. The minimum absolute atomic E-state index is 0.635. The van der Waals surface area contributed by atoms with E-state index in [1.54, 1.807) is 0 Å². The number of aryl methyl sites for hydroxylation is 1. The summed E-state index contributed by atoms with van der Waals surface area (Å²) in [5.74, 6) is 2.28. The number of aromatic amines is 1. The van der Waals surface area contributed by atoms with Gasteiger partial charge in [-0.05, 0) is 32.9 Å². The number of hydrogen-bond acceptors (Lipinski definition) is 4. The van der Waals surface area contributed by atoms with Crippen LogP contribution in [0.15, 0.2) is 0 Å². The van der Waals surface area contributed by atoms with Crippen molar-refractivity contribution in [3.63, 3.8) is 0 Å². The summed E-state index contributed by atoms with van der Waals surface area (Å²) in [5, 5.41) is 3.27. The molecule has 0 bridgehead atoms. The summed E-state index contributed by atoms with van der Waals surface area (Å²) < 4.78 is 0. The van der Waals surface area contributed by atoms with Crippen LogP contribution in [0.4, 0.5) is 11.6 Å². The largest absolute Gasteiger partial charge is 0.382 e. The summed E-state index contributed by atoms with van der Waals surface area (Å²) in [6.07, 6.45) is 4.06. The normalized spacial score (nSPS) is 17.6. The van der Waals surface area contributed by atoms with E-state index < -0.39 is 0 Å². The number of nitrogens with two attached hydrogens (primary N) is 1. The first-order chi connectivity index (χ1) is 7.75.